The lowest BCUT2D eigenvalue weighted by Crippen LogP contribution is -2.31. The van der Waals surface area contributed by atoms with Crippen molar-refractivity contribution in [1.29, 1.82) is 0 Å². The molecule has 0 unspecified atom stereocenters. The van der Waals surface area contributed by atoms with Gasteiger partial charge in [0.15, 0.2) is 0 Å². The van der Waals surface area contributed by atoms with Crippen molar-refractivity contribution < 1.29 is 16.8 Å². The summed E-state index contributed by atoms with van der Waals surface area (Å²) in [5.74, 6) is -0.143. The van der Waals surface area contributed by atoms with E-state index < -0.39 is 20.0 Å². The Morgan fingerprint density at radius 2 is 1.71 bits per heavy atom. The molecule has 0 spiro atoms. The highest BCUT2D eigenvalue weighted by Crippen LogP contribution is 2.20. The Kier molecular flexibility index (Phi) is 6.14. The van der Waals surface area contributed by atoms with Gasteiger partial charge in [-0.1, -0.05) is 12.1 Å². The Labute approximate surface area is 126 Å². The number of para-hydroxylation sites is 1. The Hall–Kier alpha value is -1.16. The van der Waals surface area contributed by atoms with Gasteiger partial charge < -0.3 is 5.32 Å². The highest BCUT2D eigenvalue weighted by molar-refractivity contribution is 7.89. The molecule has 0 aliphatic heterocycles. The second kappa shape index (κ2) is 7.21. The molecule has 0 radical (unpaired) electrons. The Balaban J connectivity index is 2.90. The third kappa shape index (κ3) is 5.62. The van der Waals surface area contributed by atoms with Gasteiger partial charge in [-0.15, -0.1) is 0 Å². The molecule has 1 aromatic carbocycles. The Morgan fingerprint density at radius 1 is 1.10 bits per heavy atom. The summed E-state index contributed by atoms with van der Waals surface area (Å²) in [6.07, 6.45) is 0. The van der Waals surface area contributed by atoms with Crippen LogP contribution >= 0.6 is 0 Å². The molecule has 9 heteroatoms. The molecule has 0 atom stereocenters. The van der Waals surface area contributed by atoms with Crippen molar-refractivity contribution in [2.24, 2.45) is 0 Å². The molecule has 0 bridgehead atoms. The van der Waals surface area contributed by atoms with Crippen LogP contribution in [0.5, 0.6) is 0 Å². The zero-order valence-corrected chi connectivity index (χ0v) is 13.9. The van der Waals surface area contributed by atoms with E-state index >= 15 is 0 Å². The fourth-order valence-corrected chi connectivity index (χ4v) is 3.65. The second-order valence-corrected chi connectivity index (χ2v) is 8.45. The topological polar surface area (TPSA) is 104 Å². The van der Waals surface area contributed by atoms with Crippen molar-refractivity contribution in [3.63, 3.8) is 0 Å². The van der Waals surface area contributed by atoms with Gasteiger partial charge in [0, 0.05) is 12.6 Å². The lowest BCUT2D eigenvalue weighted by atomic mass is 10.3. The van der Waals surface area contributed by atoms with E-state index in [0.29, 0.717) is 5.69 Å². The van der Waals surface area contributed by atoms with E-state index in [9.17, 15) is 16.8 Å². The molecule has 0 saturated carbocycles. The molecule has 1 rings (SSSR count). The number of hydrogen-bond acceptors (Lipinski definition) is 5. The van der Waals surface area contributed by atoms with Gasteiger partial charge in [0.2, 0.25) is 20.0 Å². The van der Waals surface area contributed by atoms with Crippen LogP contribution in [0.1, 0.15) is 13.8 Å². The number of rotatable bonds is 8. The number of nitrogens with one attached hydrogen (secondary N) is 3. The minimum Gasteiger partial charge on any atom is -0.383 e. The zero-order chi connectivity index (χ0) is 16.1. The highest BCUT2D eigenvalue weighted by Gasteiger charge is 2.19. The molecule has 0 fully saturated rings. The molecule has 0 saturated heterocycles. The van der Waals surface area contributed by atoms with Crippen molar-refractivity contribution in [1.82, 2.24) is 9.44 Å². The molecule has 0 aromatic heterocycles. The standard InChI is InChI=1S/C12H21N3O4S2/c1-10(2)15-21(18,19)12-7-5-4-6-11(12)14-8-9-20(16,17)13-3/h4-7,10,13-15H,8-9H2,1-3H3. The van der Waals surface area contributed by atoms with Crippen LogP contribution in [0.3, 0.4) is 0 Å². The van der Waals surface area contributed by atoms with Crippen LogP contribution in [0, 0.1) is 0 Å². The summed E-state index contributed by atoms with van der Waals surface area (Å²) < 4.78 is 51.8. The summed E-state index contributed by atoms with van der Waals surface area (Å²) in [5, 5.41) is 2.84. The molecule has 3 N–H and O–H groups in total. The first kappa shape index (κ1) is 17.9. The van der Waals surface area contributed by atoms with Crippen molar-refractivity contribution in [2.45, 2.75) is 24.8 Å². The van der Waals surface area contributed by atoms with Crippen molar-refractivity contribution in [3.8, 4) is 0 Å². The lowest BCUT2D eigenvalue weighted by Gasteiger charge is -2.14. The van der Waals surface area contributed by atoms with Gasteiger partial charge in [0.05, 0.1) is 11.4 Å². The third-order valence-corrected chi connectivity index (χ3v) is 5.64. The largest absolute Gasteiger partial charge is 0.383 e. The number of anilines is 1. The van der Waals surface area contributed by atoms with Crippen LogP contribution in [0.2, 0.25) is 0 Å². The van der Waals surface area contributed by atoms with Crippen LogP contribution in [0.15, 0.2) is 29.2 Å². The lowest BCUT2D eigenvalue weighted by molar-refractivity contribution is 0.570. The molecule has 0 heterocycles. The van der Waals surface area contributed by atoms with E-state index in [4.69, 9.17) is 0 Å². The van der Waals surface area contributed by atoms with Crippen LogP contribution in [-0.2, 0) is 20.0 Å². The van der Waals surface area contributed by atoms with Gasteiger partial charge in [-0.25, -0.2) is 26.3 Å². The molecule has 1 aromatic rings. The first-order chi connectivity index (χ1) is 9.68. The molecule has 120 valence electrons. The maximum Gasteiger partial charge on any atom is 0.242 e. The van der Waals surface area contributed by atoms with E-state index in [0.717, 1.165) is 0 Å². The average Bonchev–Trinajstić information content (AvgIpc) is 2.37. The predicted molar refractivity (Wildman–Crippen MR) is 83.2 cm³/mol. The molecule has 0 aliphatic rings. The minimum absolute atomic E-state index is 0.0977. The van der Waals surface area contributed by atoms with Gasteiger partial charge in [-0.2, -0.15) is 0 Å². The number of benzene rings is 1. The fraction of sp³-hybridized carbons (Fsp3) is 0.500. The summed E-state index contributed by atoms with van der Waals surface area (Å²) in [5.41, 5.74) is 0.372. The first-order valence-corrected chi connectivity index (χ1v) is 9.58. The van der Waals surface area contributed by atoms with Gasteiger partial charge in [0.1, 0.15) is 4.90 Å². The number of hydrogen-bond donors (Lipinski definition) is 3. The second-order valence-electron chi connectivity index (χ2n) is 4.72. The minimum atomic E-state index is -3.64. The maximum absolute atomic E-state index is 12.2. The summed E-state index contributed by atoms with van der Waals surface area (Å²) in [4.78, 5) is 0.0977. The van der Waals surface area contributed by atoms with E-state index in [2.05, 4.69) is 14.8 Å². The first-order valence-electron chi connectivity index (χ1n) is 6.44. The summed E-state index contributed by atoms with van der Waals surface area (Å²) in [7, 11) is -5.64. The van der Waals surface area contributed by atoms with E-state index in [1.807, 2.05) is 0 Å². The van der Waals surface area contributed by atoms with Crippen molar-refractivity contribution in [3.05, 3.63) is 24.3 Å². The molecule has 0 amide bonds. The predicted octanol–water partition coefficient (Wildman–Crippen LogP) is 0.334. The molecule has 0 aliphatic carbocycles. The quantitative estimate of drug-likeness (QED) is 0.635. The smallest absolute Gasteiger partial charge is 0.242 e. The molecular weight excluding hydrogens is 314 g/mol. The molecule has 7 nitrogen and oxygen atoms in total. The fourth-order valence-electron chi connectivity index (χ4n) is 1.64. The molecule has 21 heavy (non-hydrogen) atoms. The molecular formula is C12H21N3O4S2. The van der Waals surface area contributed by atoms with Crippen LogP contribution in [0.4, 0.5) is 5.69 Å². The summed E-state index contributed by atoms with van der Waals surface area (Å²) in [6.45, 7) is 3.57. The highest BCUT2D eigenvalue weighted by atomic mass is 32.2. The van der Waals surface area contributed by atoms with Gasteiger partial charge in [-0.05, 0) is 33.0 Å². The van der Waals surface area contributed by atoms with E-state index in [-0.39, 0.29) is 23.2 Å². The monoisotopic (exact) mass is 335 g/mol. The summed E-state index contributed by atoms with van der Waals surface area (Å²) in [6, 6.07) is 6.14. The zero-order valence-electron chi connectivity index (χ0n) is 12.3. The van der Waals surface area contributed by atoms with Crippen LogP contribution in [0.25, 0.3) is 0 Å². The maximum atomic E-state index is 12.2. The van der Waals surface area contributed by atoms with Gasteiger partial charge >= 0.3 is 0 Å². The van der Waals surface area contributed by atoms with Crippen molar-refractivity contribution >= 4 is 25.7 Å². The Bertz CT molecular complexity index is 669. The van der Waals surface area contributed by atoms with E-state index in [1.54, 1.807) is 32.0 Å². The van der Waals surface area contributed by atoms with Crippen molar-refractivity contribution in [2.75, 3.05) is 24.7 Å². The third-order valence-electron chi connectivity index (χ3n) is 2.56. The number of sulfonamides is 2. The SMILES string of the molecule is CNS(=O)(=O)CCNc1ccccc1S(=O)(=O)NC(C)C. The van der Waals surface area contributed by atoms with Crippen LogP contribution in [-0.4, -0.2) is 42.2 Å². The van der Waals surface area contributed by atoms with E-state index in [1.165, 1.54) is 13.1 Å². The summed E-state index contributed by atoms with van der Waals surface area (Å²) >= 11 is 0. The van der Waals surface area contributed by atoms with Gasteiger partial charge in [0.25, 0.3) is 0 Å². The average molecular weight is 335 g/mol. The normalized spacial score (nSPS) is 12.6. The van der Waals surface area contributed by atoms with Crippen LogP contribution < -0.4 is 14.8 Å². The van der Waals surface area contributed by atoms with Gasteiger partial charge in [-0.3, -0.25) is 0 Å². The Morgan fingerprint density at radius 3 is 2.29 bits per heavy atom.